The van der Waals surface area contributed by atoms with Crippen molar-refractivity contribution in [3.05, 3.63) is 0 Å². The normalized spacial score (nSPS) is 26.5. The zero-order valence-corrected chi connectivity index (χ0v) is 17.7. The van der Waals surface area contributed by atoms with Gasteiger partial charge in [0.05, 0.1) is 13.2 Å². The van der Waals surface area contributed by atoms with E-state index in [2.05, 4.69) is 30.6 Å². The van der Waals surface area contributed by atoms with Crippen LogP contribution in [0.3, 0.4) is 0 Å². The van der Waals surface area contributed by atoms with Gasteiger partial charge in [0.1, 0.15) is 0 Å². The van der Waals surface area contributed by atoms with E-state index in [1.807, 2.05) is 0 Å². The van der Waals surface area contributed by atoms with Crippen LogP contribution in [0.4, 0.5) is 0 Å². The average molecular weight is 373 g/mol. The van der Waals surface area contributed by atoms with Crippen LogP contribution in [0.5, 0.6) is 0 Å². The predicted octanol–water partition coefficient (Wildman–Crippen LogP) is 4.45. The molecular weight excluding hydrogens is 332 g/mol. The highest BCUT2D eigenvalue weighted by molar-refractivity contribution is 5.85. The highest BCUT2D eigenvalue weighted by atomic mass is 35.5. The Hall–Kier alpha value is 0.170. The molecule has 0 amide bonds. The van der Waals surface area contributed by atoms with Crippen LogP contribution in [0, 0.1) is 16.7 Å². The van der Waals surface area contributed by atoms with Gasteiger partial charge in [-0.1, -0.05) is 20.8 Å². The van der Waals surface area contributed by atoms with Gasteiger partial charge in [-0.15, -0.1) is 12.4 Å². The van der Waals surface area contributed by atoms with Crippen LogP contribution >= 0.6 is 12.4 Å². The molecule has 0 N–H and O–H groups in total. The Morgan fingerprint density at radius 1 is 0.840 bits per heavy atom. The number of nitrogens with zero attached hydrogens (tertiary/aromatic N) is 2. The number of hydrogen-bond acceptors (Lipinski definition) is 3. The lowest BCUT2D eigenvalue weighted by Gasteiger charge is -2.48. The minimum Gasteiger partial charge on any atom is -0.379 e. The van der Waals surface area contributed by atoms with E-state index in [1.54, 1.807) is 0 Å². The quantitative estimate of drug-likeness (QED) is 0.725. The second-order valence-electron chi connectivity index (χ2n) is 9.79. The Morgan fingerprint density at radius 3 is 1.88 bits per heavy atom. The second-order valence-corrected chi connectivity index (χ2v) is 9.79. The molecule has 2 heterocycles. The lowest BCUT2D eigenvalue weighted by atomic mass is 9.61. The van der Waals surface area contributed by atoms with E-state index >= 15 is 0 Å². The van der Waals surface area contributed by atoms with Gasteiger partial charge in [0.25, 0.3) is 0 Å². The Kier molecular flexibility index (Phi) is 8.07. The molecule has 3 fully saturated rings. The van der Waals surface area contributed by atoms with Gasteiger partial charge in [-0.3, -0.25) is 4.90 Å². The molecule has 3 rings (SSSR count). The molecule has 3 nitrogen and oxygen atoms in total. The summed E-state index contributed by atoms with van der Waals surface area (Å²) in [5.41, 5.74) is 1.23. The topological polar surface area (TPSA) is 15.7 Å². The van der Waals surface area contributed by atoms with E-state index in [4.69, 9.17) is 4.74 Å². The number of morpholine rings is 1. The molecule has 0 unspecified atom stereocenters. The van der Waals surface area contributed by atoms with E-state index in [-0.39, 0.29) is 12.4 Å². The fourth-order valence-electron chi connectivity index (χ4n) is 5.19. The van der Waals surface area contributed by atoms with Crippen molar-refractivity contribution in [1.82, 2.24) is 9.80 Å². The predicted molar refractivity (Wildman–Crippen MR) is 109 cm³/mol. The van der Waals surface area contributed by atoms with Crippen LogP contribution in [0.2, 0.25) is 0 Å². The van der Waals surface area contributed by atoms with Crippen LogP contribution in [0.15, 0.2) is 0 Å². The van der Waals surface area contributed by atoms with Gasteiger partial charge in [-0.2, -0.15) is 0 Å². The SMILES string of the molecule is CC(C)(C)C1CCC2(CC1)CCN(CCCN1CCOCC1)CC2.Cl. The number of halogens is 1. The molecule has 0 aromatic heterocycles. The number of rotatable bonds is 4. The molecule has 0 bridgehead atoms. The number of hydrogen-bond donors (Lipinski definition) is 0. The zero-order valence-electron chi connectivity index (χ0n) is 16.9. The molecule has 25 heavy (non-hydrogen) atoms. The fraction of sp³-hybridized carbons (Fsp3) is 1.00. The molecule has 0 radical (unpaired) electrons. The first-order valence-electron chi connectivity index (χ1n) is 10.5. The molecule has 1 saturated carbocycles. The van der Waals surface area contributed by atoms with Crippen molar-refractivity contribution in [2.75, 3.05) is 52.5 Å². The maximum atomic E-state index is 5.44. The first kappa shape index (κ1) is 21.5. The smallest absolute Gasteiger partial charge is 0.0594 e. The van der Waals surface area contributed by atoms with Gasteiger partial charge < -0.3 is 9.64 Å². The standard InChI is InChI=1S/C21H40N2O.ClH/c1-20(2,3)19-5-7-21(8-6-19)9-13-22(14-10-21)11-4-12-23-15-17-24-18-16-23;/h19H,4-18H2,1-3H3;1H. The Morgan fingerprint density at radius 2 is 1.36 bits per heavy atom. The summed E-state index contributed by atoms with van der Waals surface area (Å²) in [7, 11) is 0. The summed E-state index contributed by atoms with van der Waals surface area (Å²) in [6.45, 7) is 16.7. The minimum atomic E-state index is 0. The van der Waals surface area contributed by atoms with E-state index in [0.29, 0.717) is 10.8 Å². The van der Waals surface area contributed by atoms with Crippen molar-refractivity contribution in [3.8, 4) is 0 Å². The van der Waals surface area contributed by atoms with Crippen molar-refractivity contribution in [1.29, 1.82) is 0 Å². The molecule has 1 aliphatic carbocycles. The third kappa shape index (κ3) is 6.09. The first-order chi connectivity index (χ1) is 11.5. The summed E-state index contributed by atoms with van der Waals surface area (Å²) in [6, 6.07) is 0. The van der Waals surface area contributed by atoms with Crippen molar-refractivity contribution >= 4 is 12.4 Å². The van der Waals surface area contributed by atoms with Gasteiger partial charge in [0.2, 0.25) is 0 Å². The molecular formula is C21H41ClN2O. The Bertz CT molecular complexity index is 372. The van der Waals surface area contributed by atoms with Crippen LogP contribution in [-0.4, -0.2) is 62.3 Å². The van der Waals surface area contributed by atoms with Gasteiger partial charge in [-0.25, -0.2) is 0 Å². The van der Waals surface area contributed by atoms with E-state index in [9.17, 15) is 0 Å². The van der Waals surface area contributed by atoms with Crippen molar-refractivity contribution < 1.29 is 4.74 Å². The summed E-state index contributed by atoms with van der Waals surface area (Å²) in [5.74, 6) is 0.953. The molecule has 2 aliphatic heterocycles. The Labute approximate surface area is 162 Å². The Balaban J connectivity index is 0.00000225. The summed E-state index contributed by atoms with van der Waals surface area (Å²) >= 11 is 0. The third-order valence-corrected chi connectivity index (χ3v) is 7.24. The molecule has 3 aliphatic rings. The van der Waals surface area contributed by atoms with Gasteiger partial charge in [0.15, 0.2) is 0 Å². The largest absolute Gasteiger partial charge is 0.379 e. The molecule has 148 valence electrons. The van der Waals surface area contributed by atoms with Crippen LogP contribution < -0.4 is 0 Å². The number of likely N-dealkylation sites (tertiary alicyclic amines) is 1. The zero-order chi connectivity index (χ0) is 17.0. The highest BCUT2D eigenvalue weighted by Gasteiger charge is 2.40. The number of ether oxygens (including phenoxy) is 1. The van der Waals surface area contributed by atoms with Gasteiger partial charge in [-0.05, 0) is 87.9 Å². The summed E-state index contributed by atoms with van der Waals surface area (Å²) in [6.07, 6.45) is 10.2. The lowest BCUT2D eigenvalue weighted by Crippen LogP contribution is -2.44. The summed E-state index contributed by atoms with van der Waals surface area (Å²) < 4.78 is 5.44. The van der Waals surface area contributed by atoms with E-state index < -0.39 is 0 Å². The molecule has 0 atom stereocenters. The third-order valence-electron chi connectivity index (χ3n) is 7.24. The van der Waals surface area contributed by atoms with Gasteiger partial charge in [0, 0.05) is 13.1 Å². The van der Waals surface area contributed by atoms with Gasteiger partial charge >= 0.3 is 0 Å². The van der Waals surface area contributed by atoms with Crippen LogP contribution in [0.1, 0.15) is 65.7 Å². The van der Waals surface area contributed by atoms with Crippen molar-refractivity contribution in [2.24, 2.45) is 16.7 Å². The fourth-order valence-corrected chi connectivity index (χ4v) is 5.19. The number of piperidine rings is 1. The first-order valence-corrected chi connectivity index (χ1v) is 10.5. The minimum absolute atomic E-state index is 0. The van der Waals surface area contributed by atoms with Crippen molar-refractivity contribution in [2.45, 2.75) is 65.7 Å². The van der Waals surface area contributed by atoms with Crippen LogP contribution in [0.25, 0.3) is 0 Å². The van der Waals surface area contributed by atoms with E-state index in [1.165, 1.54) is 71.1 Å². The molecule has 0 aromatic carbocycles. The summed E-state index contributed by atoms with van der Waals surface area (Å²) in [4.78, 5) is 5.31. The summed E-state index contributed by atoms with van der Waals surface area (Å²) in [5, 5.41) is 0. The molecule has 1 spiro atoms. The lowest BCUT2D eigenvalue weighted by molar-refractivity contribution is 0.0220. The molecule has 4 heteroatoms. The monoisotopic (exact) mass is 372 g/mol. The average Bonchev–Trinajstić information content (AvgIpc) is 2.57. The van der Waals surface area contributed by atoms with Crippen molar-refractivity contribution in [3.63, 3.8) is 0 Å². The van der Waals surface area contributed by atoms with Crippen LogP contribution in [-0.2, 0) is 4.74 Å². The second kappa shape index (κ2) is 9.39. The molecule has 2 saturated heterocycles. The maximum absolute atomic E-state index is 5.44. The molecule has 0 aromatic rings. The maximum Gasteiger partial charge on any atom is 0.0594 e. The highest BCUT2D eigenvalue weighted by Crippen LogP contribution is 2.50. The van der Waals surface area contributed by atoms with E-state index in [0.717, 1.165) is 32.2 Å².